The molecular formula is C13H19NO3S. The van der Waals surface area contributed by atoms with E-state index in [1.807, 2.05) is 32.0 Å². The summed E-state index contributed by atoms with van der Waals surface area (Å²) in [7, 11) is 0. The van der Waals surface area contributed by atoms with Crippen molar-refractivity contribution < 1.29 is 14.3 Å². The van der Waals surface area contributed by atoms with Gasteiger partial charge in [-0.15, -0.1) is 11.8 Å². The molecule has 0 heterocycles. The molecule has 0 saturated carbocycles. The molecule has 0 radical (unpaired) electrons. The van der Waals surface area contributed by atoms with Crippen LogP contribution >= 0.6 is 11.8 Å². The van der Waals surface area contributed by atoms with Crippen molar-refractivity contribution in [1.82, 2.24) is 0 Å². The minimum atomic E-state index is -0.239. The van der Waals surface area contributed by atoms with Crippen LogP contribution in [0.1, 0.15) is 20.8 Å². The highest BCUT2D eigenvalue weighted by atomic mass is 32.2. The Morgan fingerprint density at radius 2 is 2.17 bits per heavy atom. The SMILES string of the molecule is CCOC(=O)CSc1cccc(OC(C)C)c1N. The van der Waals surface area contributed by atoms with Crippen molar-refractivity contribution in [2.45, 2.75) is 31.8 Å². The van der Waals surface area contributed by atoms with E-state index in [0.29, 0.717) is 18.0 Å². The first-order valence-corrected chi connectivity index (χ1v) is 6.86. The highest BCUT2D eigenvalue weighted by Crippen LogP contribution is 2.33. The van der Waals surface area contributed by atoms with Crippen molar-refractivity contribution in [3.05, 3.63) is 18.2 Å². The van der Waals surface area contributed by atoms with Crippen LogP contribution in [0.4, 0.5) is 5.69 Å². The van der Waals surface area contributed by atoms with Crippen LogP contribution in [-0.4, -0.2) is 24.4 Å². The summed E-state index contributed by atoms with van der Waals surface area (Å²) >= 11 is 1.36. The van der Waals surface area contributed by atoms with Gasteiger partial charge in [-0.2, -0.15) is 0 Å². The highest BCUT2D eigenvalue weighted by molar-refractivity contribution is 8.00. The maximum absolute atomic E-state index is 11.3. The summed E-state index contributed by atoms with van der Waals surface area (Å²) < 4.78 is 10.5. The smallest absolute Gasteiger partial charge is 0.316 e. The normalized spacial score (nSPS) is 10.4. The summed E-state index contributed by atoms with van der Waals surface area (Å²) in [6.07, 6.45) is 0.0672. The average Bonchev–Trinajstić information content (AvgIpc) is 2.30. The molecule has 0 bridgehead atoms. The monoisotopic (exact) mass is 269 g/mol. The number of ether oxygens (including phenoxy) is 2. The van der Waals surface area contributed by atoms with Gasteiger partial charge in [0.2, 0.25) is 0 Å². The Morgan fingerprint density at radius 3 is 2.78 bits per heavy atom. The molecule has 1 aromatic carbocycles. The van der Waals surface area contributed by atoms with Crippen molar-refractivity contribution in [2.24, 2.45) is 0 Å². The lowest BCUT2D eigenvalue weighted by molar-refractivity contribution is -0.139. The molecule has 0 spiro atoms. The summed E-state index contributed by atoms with van der Waals surface area (Å²) in [5.74, 6) is 0.666. The molecule has 0 aliphatic heterocycles. The molecule has 4 nitrogen and oxygen atoms in total. The highest BCUT2D eigenvalue weighted by Gasteiger charge is 2.10. The van der Waals surface area contributed by atoms with Crippen molar-refractivity contribution >= 4 is 23.4 Å². The van der Waals surface area contributed by atoms with E-state index in [9.17, 15) is 4.79 Å². The summed E-state index contributed by atoms with van der Waals surface area (Å²) in [6, 6.07) is 5.55. The number of nitrogen functional groups attached to an aromatic ring is 1. The van der Waals surface area contributed by atoms with E-state index >= 15 is 0 Å². The van der Waals surface area contributed by atoms with E-state index in [1.165, 1.54) is 11.8 Å². The quantitative estimate of drug-likeness (QED) is 0.489. The van der Waals surface area contributed by atoms with E-state index in [2.05, 4.69) is 0 Å². The Morgan fingerprint density at radius 1 is 1.44 bits per heavy atom. The fourth-order valence-electron chi connectivity index (χ4n) is 1.35. The van der Waals surface area contributed by atoms with Crippen LogP contribution in [0.3, 0.4) is 0 Å². The van der Waals surface area contributed by atoms with Crippen LogP contribution in [-0.2, 0) is 9.53 Å². The lowest BCUT2D eigenvalue weighted by Gasteiger charge is -2.14. The molecule has 0 unspecified atom stereocenters. The molecule has 2 N–H and O–H groups in total. The molecule has 0 amide bonds. The number of benzene rings is 1. The number of nitrogens with two attached hydrogens (primary N) is 1. The summed E-state index contributed by atoms with van der Waals surface area (Å²) in [5.41, 5.74) is 6.56. The maximum atomic E-state index is 11.3. The minimum absolute atomic E-state index is 0.0672. The van der Waals surface area contributed by atoms with Crippen LogP contribution in [0, 0.1) is 0 Å². The number of carbonyl (C=O) groups excluding carboxylic acids is 1. The molecule has 0 aliphatic carbocycles. The molecule has 1 rings (SSSR count). The Hall–Kier alpha value is -1.36. The zero-order valence-corrected chi connectivity index (χ0v) is 11.8. The average molecular weight is 269 g/mol. The largest absolute Gasteiger partial charge is 0.489 e. The Labute approximate surface area is 112 Å². The first-order valence-electron chi connectivity index (χ1n) is 5.88. The number of carbonyl (C=O) groups is 1. The molecule has 0 atom stereocenters. The van der Waals surface area contributed by atoms with Gasteiger partial charge in [0.1, 0.15) is 5.75 Å². The predicted octanol–water partition coefficient (Wildman–Crippen LogP) is 2.71. The van der Waals surface area contributed by atoms with Crippen LogP contribution in [0.5, 0.6) is 5.75 Å². The zero-order chi connectivity index (χ0) is 13.5. The molecule has 100 valence electrons. The van der Waals surface area contributed by atoms with Gasteiger partial charge in [0.05, 0.1) is 24.2 Å². The van der Waals surface area contributed by atoms with Crippen LogP contribution in [0.15, 0.2) is 23.1 Å². The van der Waals surface area contributed by atoms with Gasteiger partial charge >= 0.3 is 5.97 Å². The van der Waals surface area contributed by atoms with Crippen LogP contribution < -0.4 is 10.5 Å². The van der Waals surface area contributed by atoms with Crippen molar-refractivity contribution in [1.29, 1.82) is 0 Å². The molecule has 18 heavy (non-hydrogen) atoms. The molecule has 0 aromatic heterocycles. The van der Waals surface area contributed by atoms with Gasteiger partial charge in [-0.05, 0) is 32.9 Å². The Kier molecular flexibility index (Phi) is 5.85. The summed E-state index contributed by atoms with van der Waals surface area (Å²) in [4.78, 5) is 12.1. The topological polar surface area (TPSA) is 61.5 Å². The maximum Gasteiger partial charge on any atom is 0.316 e. The predicted molar refractivity (Wildman–Crippen MR) is 74.0 cm³/mol. The van der Waals surface area contributed by atoms with Crippen molar-refractivity contribution in [3.63, 3.8) is 0 Å². The summed E-state index contributed by atoms with van der Waals surface area (Å²) in [6.45, 7) is 6.06. The molecule has 0 fully saturated rings. The third kappa shape index (κ3) is 4.49. The zero-order valence-electron chi connectivity index (χ0n) is 10.9. The number of hydrogen-bond donors (Lipinski definition) is 1. The Balaban J connectivity index is 2.68. The molecule has 5 heteroatoms. The van der Waals surface area contributed by atoms with Gasteiger partial charge in [0.25, 0.3) is 0 Å². The van der Waals surface area contributed by atoms with Crippen molar-refractivity contribution in [3.8, 4) is 5.75 Å². The van der Waals surface area contributed by atoms with Gasteiger partial charge in [0.15, 0.2) is 0 Å². The first-order chi connectivity index (χ1) is 8.54. The fourth-order valence-corrected chi connectivity index (χ4v) is 2.13. The number of esters is 1. The molecule has 1 aromatic rings. The van der Waals surface area contributed by atoms with Crippen LogP contribution in [0.2, 0.25) is 0 Å². The number of anilines is 1. The molecule has 0 saturated heterocycles. The van der Waals surface area contributed by atoms with E-state index in [0.717, 1.165) is 4.90 Å². The third-order valence-electron chi connectivity index (χ3n) is 2.04. The van der Waals surface area contributed by atoms with E-state index in [4.69, 9.17) is 15.2 Å². The van der Waals surface area contributed by atoms with E-state index in [1.54, 1.807) is 6.92 Å². The lowest BCUT2D eigenvalue weighted by atomic mass is 10.3. The van der Waals surface area contributed by atoms with Gasteiger partial charge in [0, 0.05) is 4.90 Å². The van der Waals surface area contributed by atoms with Crippen molar-refractivity contribution in [2.75, 3.05) is 18.1 Å². The number of para-hydroxylation sites is 1. The van der Waals surface area contributed by atoms with Crippen LogP contribution in [0.25, 0.3) is 0 Å². The standard InChI is InChI=1S/C13H19NO3S/c1-4-16-12(15)8-18-11-7-5-6-10(13(11)14)17-9(2)3/h5-7,9H,4,8,14H2,1-3H3. The second-order valence-electron chi connectivity index (χ2n) is 3.93. The van der Waals surface area contributed by atoms with Gasteiger partial charge < -0.3 is 15.2 Å². The van der Waals surface area contributed by atoms with Gasteiger partial charge in [-0.3, -0.25) is 4.79 Å². The Bertz CT molecular complexity index is 407. The first kappa shape index (κ1) is 14.7. The number of rotatable bonds is 6. The second-order valence-corrected chi connectivity index (χ2v) is 4.95. The van der Waals surface area contributed by atoms with E-state index in [-0.39, 0.29) is 17.8 Å². The van der Waals surface area contributed by atoms with Gasteiger partial charge in [-0.25, -0.2) is 0 Å². The van der Waals surface area contributed by atoms with Gasteiger partial charge in [-0.1, -0.05) is 6.07 Å². The second kappa shape index (κ2) is 7.16. The third-order valence-corrected chi connectivity index (χ3v) is 3.09. The fraction of sp³-hybridized carbons (Fsp3) is 0.462. The summed E-state index contributed by atoms with van der Waals surface area (Å²) in [5, 5.41) is 0. The molecular weight excluding hydrogens is 250 g/mol. The molecule has 0 aliphatic rings. The van der Waals surface area contributed by atoms with E-state index < -0.39 is 0 Å². The lowest BCUT2D eigenvalue weighted by Crippen LogP contribution is -2.09. The number of hydrogen-bond acceptors (Lipinski definition) is 5. The minimum Gasteiger partial charge on any atom is -0.489 e. The number of thioether (sulfide) groups is 1.